The molecular formula is C22H26N5O6PS2. The standard InChI is InChI=1S/C22H26N5O6PS2/c1-33-34(30)17-10-15(26-36(2,31)32)6-7-16(17)23-21(25-34)18-20(28)19(14-8-9-35-12-14)24-27(22(18)29)11-13-4-3-5-13/h6-10,12-13,26,28,31-32H,3-5,11H2,1-2H3,(H,23,25,30). The van der Waals surface area contributed by atoms with E-state index in [1.54, 1.807) is 18.2 Å². The van der Waals surface area contributed by atoms with E-state index >= 15 is 0 Å². The van der Waals surface area contributed by atoms with Gasteiger partial charge in [-0.05, 0) is 48.4 Å². The van der Waals surface area contributed by atoms with Crippen molar-refractivity contribution in [3.8, 4) is 17.0 Å². The SMILES string of the molecule is COP1(=O)N=C(c2c(O)c(-c3ccsc3)nn(CC3CCC3)c2=O)Nc2ccc(NS(C)(O)O)cc21. The summed E-state index contributed by atoms with van der Waals surface area (Å²) in [5.74, 6) is -0.123. The minimum Gasteiger partial charge on any atom is -0.505 e. The number of benzene rings is 1. The topological polar surface area (TPSA) is 158 Å². The molecule has 192 valence electrons. The summed E-state index contributed by atoms with van der Waals surface area (Å²) in [5.41, 5.74) is 0.861. The number of aromatic nitrogens is 2. The Morgan fingerprint density at radius 1 is 1.33 bits per heavy atom. The van der Waals surface area contributed by atoms with Crippen LogP contribution >= 0.6 is 29.6 Å². The zero-order valence-electron chi connectivity index (χ0n) is 19.5. The second kappa shape index (κ2) is 9.33. The Labute approximate surface area is 212 Å². The molecule has 2 aliphatic rings. The van der Waals surface area contributed by atoms with Gasteiger partial charge in [-0.3, -0.25) is 23.2 Å². The van der Waals surface area contributed by atoms with Crippen LogP contribution in [0.3, 0.4) is 0 Å². The molecule has 0 saturated heterocycles. The molecule has 0 bridgehead atoms. The van der Waals surface area contributed by atoms with Crippen molar-refractivity contribution in [2.75, 3.05) is 23.4 Å². The van der Waals surface area contributed by atoms with Gasteiger partial charge in [0.25, 0.3) is 5.56 Å². The van der Waals surface area contributed by atoms with Gasteiger partial charge in [-0.2, -0.15) is 21.2 Å². The Hall–Kier alpha value is -2.67. The van der Waals surface area contributed by atoms with Crippen LogP contribution in [0.1, 0.15) is 24.8 Å². The molecule has 11 nitrogen and oxygen atoms in total. The van der Waals surface area contributed by atoms with Gasteiger partial charge in [0.1, 0.15) is 11.3 Å². The molecule has 3 aromatic rings. The predicted octanol–water partition coefficient (Wildman–Crippen LogP) is 4.52. The van der Waals surface area contributed by atoms with E-state index in [9.17, 15) is 23.6 Å². The Balaban J connectivity index is 1.64. The van der Waals surface area contributed by atoms with Crippen LogP contribution in [0.25, 0.3) is 11.3 Å². The lowest BCUT2D eigenvalue weighted by Gasteiger charge is -2.30. The van der Waals surface area contributed by atoms with Crippen LogP contribution in [0.2, 0.25) is 0 Å². The Morgan fingerprint density at radius 3 is 2.72 bits per heavy atom. The molecule has 2 aromatic heterocycles. The van der Waals surface area contributed by atoms with Crippen LogP contribution in [0, 0.1) is 5.92 Å². The molecular weight excluding hydrogens is 525 g/mol. The van der Waals surface area contributed by atoms with Crippen LogP contribution in [0.5, 0.6) is 5.75 Å². The summed E-state index contributed by atoms with van der Waals surface area (Å²) in [4.78, 5) is 13.5. The van der Waals surface area contributed by atoms with Crippen LogP contribution in [0.15, 0.2) is 44.6 Å². The Morgan fingerprint density at radius 2 is 2.11 bits per heavy atom. The van der Waals surface area contributed by atoms with Gasteiger partial charge in [-0.25, -0.2) is 4.68 Å². The largest absolute Gasteiger partial charge is 0.505 e. The van der Waals surface area contributed by atoms with Gasteiger partial charge in [0, 0.05) is 30.9 Å². The number of anilines is 2. The first kappa shape index (κ1) is 25.0. The van der Waals surface area contributed by atoms with Gasteiger partial charge in [0.15, 0.2) is 11.6 Å². The monoisotopic (exact) mass is 551 g/mol. The van der Waals surface area contributed by atoms with Gasteiger partial charge >= 0.3 is 7.52 Å². The van der Waals surface area contributed by atoms with Gasteiger partial charge in [-0.15, -0.1) is 10.8 Å². The number of nitrogens with one attached hydrogen (secondary N) is 2. The van der Waals surface area contributed by atoms with E-state index in [1.165, 1.54) is 35.5 Å². The number of amidine groups is 1. The minimum atomic E-state index is -3.90. The van der Waals surface area contributed by atoms with E-state index in [2.05, 4.69) is 19.9 Å². The van der Waals surface area contributed by atoms with Crippen molar-refractivity contribution in [2.45, 2.75) is 25.8 Å². The molecule has 14 heteroatoms. The summed E-state index contributed by atoms with van der Waals surface area (Å²) in [6, 6.07) is 6.37. The third-order valence-electron chi connectivity index (χ3n) is 6.16. The van der Waals surface area contributed by atoms with E-state index in [-0.39, 0.29) is 28.1 Å². The van der Waals surface area contributed by atoms with Crippen molar-refractivity contribution < 1.29 is 23.3 Å². The third kappa shape index (κ3) is 4.70. The number of hydrogen-bond donors (Lipinski definition) is 5. The number of nitrogens with zero attached hydrogens (tertiary/aromatic N) is 3. The van der Waals surface area contributed by atoms with Gasteiger partial charge in [0.05, 0.1) is 16.7 Å². The highest BCUT2D eigenvalue weighted by Gasteiger charge is 2.36. The second-order valence-corrected chi connectivity index (χ2v) is 13.6. The molecule has 5 rings (SSSR count). The van der Waals surface area contributed by atoms with E-state index in [4.69, 9.17) is 4.52 Å². The van der Waals surface area contributed by atoms with Crippen molar-refractivity contribution in [3.05, 3.63) is 50.9 Å². The highest BCUT2D eigenvalue weighted by molar-refractivity contribution is 8.24. The molecule has 0 amide bonds. The van der Waals surface area contributed by atoms with Gasteiger partial charge in [-0.1, -0.05) is 6.42 Å². The summed E-state index contributed by atoms with van der Waals surface area (Å²) < 4.78 is 46.8. The maximum absolute atomic E-state index is 13.8. The number of rotatable bonds is 7. The number of thiophene rings is 1. The van der Waals surface area contributed by atoms with Crippen molar-refractivity contribution in [2.24, 2.45) is 10.7 Å². The van der Waals surface area contributed by atoms with E-state index < -0.39 is 23.9 Å². The molecule has 1 aliphatic carbocycles. The third-order valence-corrected chi connectivity index (χ3v) is 9.41. The van der Waals surface area contributed by atoms with Crippen molar-refractivity contribution in [1.29, 1.82) is 0 Å². The number of fused-ring (bicyclic) bond motifs is 1. The molecule has 3 heterocycles. The van der Waals surface area contributed by atoms with Crippen LogP contribution in [-0.4, -0.2) is 43.2 Å². The fourth-order valence-corrected chi connectivity index (χ4v) is 6.91. The molecule has 5 N–H and O–H groups in total. The van der Waals surface area contributed by atoms with E-state index in [1.807, 2.05) is 10.8 Å². The van der Waals surface area contributed by atoms with E-state index in [0.29, 0.717) is 29.4 Å². The summed E-state index contributed by atoms with van der Waals surface area (Å²) in [6.07, 6.45) is 4.33. The number of hydrogen-bond acceptors (Lipinski definition) is 10. The first-order chi connectivity index (χ1) is 17.1. The molecule has 1 aliphatic heterocycles. The van der Waals surface area contributed by atoms with E-state index in [0.717, 1.165) is 19.3 Å². The molecule has 0 radical (unpaired) electrons. The summed E-state index contributed by atoms with van der Waals surface area (Å²) in [6.45, 7) is 0.410. The fraction of sp³-hybridized carbons (Fsp3) is 0.318. The molecule has 1 saturated carbocycles. The van der Waals surface area contributed by atoms with Gasteiger partial charge in [0.2, 0.25) is 0 Å². The average molecular weight is 552 g/mol. The molecule has 36 heavy (non-hydrogen) atoms. The normalized spacial score (nSPS) is 20.2. The Kier molecular flexibility index (Phi) is 6.48. The van der Waals surface area contributed by atoms with Gasteiger partial charge < -0.3 is 14.9 Å². The van der Waals surface area contributed by atoms with Crippen molar-refractivity contribution in [1.82, 2.24) is 9.78 Å². The summed E-state index contributed by atoms with van der Waals surface area (Å²) >= 11 is 1.43. The maximum atomic E-state index is 13.8. The van der Waals surface area contributed by atoms with Crippen LogP contribution in [-0.2, 0) is 15.6 Å². The Bertz CT molecular complexity index is 1450. The minimum absolute atomic E-state index is 0.0862. The average Bonchev–Trinajstić information content (AvgIpc) is 3.31. The zero-order chi connectivity index (χ0) is 25.7. The lowest BCUT2D eigenvalue weighted by atomic mass is 9.85. The first-order valence-electron chi connectivity index (χ1n) is 11.1. The quantitative estimate of drug-likeness (QED) is 0.266. The van der Waals surface area contributed by atoms with Crippen LogP contribution < -0.4 is 20.9 Å². The molecule has 1 fully saturated rings. The van der Waals surface area contributed by atoms with Crippen molar-refractivity contribution >= 4 is 52.1 Å². The molecule has 0 spiro atoms. The smallest absolute Gasteiger partial charge is 0.348 e. The highest BCUT2D eigenvalue weighted by Crippen LogP contribution is 2.52. The molecule has 1 aromatic carbocycles. The van der Waals surface area contributed by atoms with Crippen molar-refractivity contribution in [3.63, 3.8) is 0 Å². The number of aromatic hydroxyl groups is 1. The predicted molar refractivity (Wildman–Crippen MR) is 144 cm³/mol. The zero-order valence-corrected chi connectivity index (χ0v) is 22.1. The first-order valence-corrected chi connectivity index (χ1v) is 15.6. The summed E-state index contributed by atoms with van der Waals surface area (Å²) in [7, 11) is -5.73. The molecule has 1 unspecified atom stereocenters. The summed E-state index contributed by atoms with van der Waals surface area (Å²) in [5, 5.41) is 22.5. The lowest BCUT2D eigenvalue weighted by molar-refractivity contribution is 0.261. The maximum Gasteiger partial charge on any atom is 0.348 e. The van der Waals surface area contributed by atoms with Crippen LogP contribution in [0.4, 0.5) is 11.4 Å². The lowest BCUT2D eigenvalue weighted by Crippen LogP contribution is -2.36. The molecule has 1 atom stereocenters. The highest BCUT2D eigenvalue weighted by atomic mass is 32.3. The second-order valence-electron chi connectivity index (χ2n) is 8.81. The fourth-order valence-electron chi connectivity index (χ4n) is 4.16.